The van der Waals surface area contributed by atoms with Crippen molar-refractivity contribution in [3.05, 3.63) is 29.3 Å². The molecule has 0 heterocycles. The van der Waals surface area contributed by atoms with Crippen LogP contribution in [-0.4, -0.2) is 45.9 Å². The SMILES string of the molecule is CN(CC1CCC(CCOS(C)(=O)=O)CC1)C(=O)Oc1ccc(Cl)cc1. The summed E-state index contributed by atoms with van der Waals surface area (Å²) in [5.74, 6) is 1.39. The second-order valence-corrected chi connectivity index (χ2v) is 8.98. The van der Waals surface area contributed by atoms with Crippen LogP contribution >= 0.6 is 11.6 Å². The average Bonchev–Trinajstić information content (AvgIpc) is 2.57. The van der Waals surface area contributed by atoms with Crippen molar-refractivity contribution in [3.8, 4) is 5.75 Å². The Hall–Kier alpha value is -1.31. The van der Waals surface area contributed by atoms with E-state index in [0.717, 1.165) is 38.4 Å². The molecule has 0 radical (unpaired) electrons. The van der Waals surface area contributed by atoms with Crippen LogP contribution in [0.1, 0.15) is 32.1 Å². The highest BCUT2D eigenvalue weighted by molar-refractivity contribution is 7.85. The van der Waals surface area contributed by atoms with Gasteiger partial charge in [0.1, 0.15) is 5.75 Å². The van der Waals surface area contributed by atoms with E-state index < -0.39 is 10.1 Å². The van der Waals surface area contributed by atoms with Gasteiger partial charge in [-0.15, -0.1) is 0 Å². The molecule has 0 aliphatic heterocycles. The largest absolute Gasteiger partial charge is 0.414 e. The molecule has 1 aromatic carbocycles. The molecule has 8 heteroatoms. The summed E-state index contributed by atoms with van der Waals surface area (Å²) >= 11 is 5.82. The van der Waals surface area contributed by atoms with Crippen molar-refractivity contribution in [3.63, 3.8) is 0 Å². The normalized spacial score (nSPS) is 20.6. The van der Waals surface area contributed by atoms with Gasteiger partial charge in [-0.25, -0.2) is 4.79 Å². The Morgan fingerprint density at radius 1 is 1.15 bits per heavy atom. The van der Waals surface area contributed by atoms with Crippen LogP contribution in [0.5, 0.6) is 5.75 Å². The van der Waals surface area contributed by atoms with E-state index in [2.05, 4.69) is 0 Å². The fraction of sp³-hybridized carbons (Fsp3) is 0.611. The van der Waals surface area contributed by atoms with Crippen LogP contribution in [0.2, 0.25) is 5.02 Å². The van der Waals surface area contributed by atoms with Gasteiger partial charge < -0.3 is 9.64 Å². The van der Waals surface area contributed by atoms with E-state index in [4.69, 9.17) is 20.5 Å². The average molecular weight is 404 g/mol. The molecule has 0 aromatic heterocycles. The van der Waals surface area contributed by atoms with E-state index >= 15 is 0 Å². The van der Waals surface area contributed by atoms with Crippen LogP contribution in [0.25, 0.3) is 0 Å². The Morgan fingerprint density at radius 2 is 1.73 bits per heavy atom. The zero-order chi connectivity index (χ0) is 19.2. The number of benzene rings is 1. The van der Waals surface area contributed by atoms with Gasteiger partial charge in [0.25, 0.3) is 10.1 Å². The highest BCUT2D eigenvalue weighted by Gasteiger charge is 2.24. The molecule has 2 rings (SSSR count). The summed E-state index contributed by atoms with van der Waals surface area (Å²) in [6.45, 7) is 0.903. The highest BCUT2D eigenvalue weighted by Crippen LogP contribution is 2.31. The molecule has 26 heavy (non-hydrogen) atoms. The molecule has 146 valence electrons. The molecule has 0 N–H and O–H groups in total. The molecule has 1 saturated carbocycles. The van der Waals surface area contributed by atoms with Gasteiger partial charge >= 0.3 is 6.09 Å². The first kappa shape index (κ1) is 21.0. The zero-order valence-corrected chi connectivity index (χ0v) is 16.8. The smallest absolute Gasteiger partial charge is 0.410 e. The van der Waals surface area contributed by atoms with Crippen molar-refractivity contribution in [2.75, 3.05) is 26.5 Å². The van der Waals surface area contributed by atoms with Gasteiger partial charge in [-0.2, -0.15) is 8.42 Å². The maximum absolute atomic E-state index is 12.2. The van der Waals surface area contributed by atoms with E-state index in [1.807, 2.05) is 0 Å². The lowest BCUT2D eigenvalue weighted by molar-refractivity contribution is 0.143. The standard InChI is InChI=1S/C18H26ClNO5S/c1-20(18(21)25-17-9-7-16(19)8-10-17)13-15-5-3-14(4-6-15)11-12-24-26(2,22)23/h7-10,14-15H,3-6,11-13H2,1-2H3. The van der Waals surface area contributed by atoms with Gasteiger partial charge in [-0.05, 0) is 55.4 Å². The molecule has 1 aliphatic carbocycles. The minimum Gasteiger partial charge on any atom is -0.410 e. The quantitative estimate of drug-likeness (QED) is 0.644. The summed E-state index contributed by atoms with van der Waals surface area (Å²) < 4.78 is 32.1. The monoisotopic (exact) mass is 403 g/mol. The summed E-state index contributed by atoms with van der Waals surface area (Å²) in [4.78, 5) is 13.8. The Labute approximate surface area is 160 Å². The number of ether oxygens (including phenoxy) is 1. The molecule has 0 spiro atoms. The van der Waals surface area contributed by atoms with Crippen molar-refractivity contribution >= 4 is 27.8 Å². The molecule has 0 unspecified atom stereocenters. The molecule has 6 nitrogen and oxygen atoms in total. The molecule has 0 bridgehead atoms. The molecular weight excluding hydrogens is 378 g/mol. The topological polar surface area (TPSA) is 72.9 Å². The van der Waals surface area contributed by atoms with Crippen molar-refractivity contribution in [2.45, 2.75) is 32.1 Å². The number of amides is 1. The fourth-order valence-corrected chi connectivity index (χ4v) is 3.74. The third-order valence-corrected chi connectivity index (χ3v) is 5.50. The van der Waals surface area contributed by atoms with Crippen LogP contribution in [0.15, 0.2) is 24.3 Å². The number of rotatable bonds is 7. The Balaban J connectivity index is 1.69. The lowest BCUT2D eigenvalue weighted by Crippen LogP contribution is -2.35. The van der Waals surface area contributed by atoms with E-state index in [9.17, 15) is 13.2 Å². The van der Waals surface area contributed by atoms with Gasteiger partial charge in [0.2, 0.25) is 0 Å². The summed E-state index contributed by atoms with van der Waals surface area (Å²) in [5.41, 5.74) is 0. The second-order valence-electron chi connectivity index (χ2n) is 6.90. The Kier molecular flexibility index (Phi) is 7.73. The number of hydrogen-bond donors (Lipinski definition) is 0. The number of carbonyl (C=O) groups excluding carboxylic acids is 1. The van der Waals surface area contributed by atoms with Crippen LogP contribution in [0.3, 0.4) is 0 Å². The highest BCUT2D eigenvalue weighted by atomic mass is 35.5. The molecule has 0 saturated heterocycles. The number of halogens is 1. The minimum absolute atomic E-state index is 0.251. The number of nitrogens with zero attached hydrogens (tertiary/aromatic N) is 1. The first-order valence-corrected chi connectivity index (χ1v) is 11.0. The lowest BCUT2D eigenvalue weighted by atomic mass is 9.80. The molecule has 1 aliphatic rings. The lowest BCUT2D eigenvalue weighted by Gasteiger charge is -2.30. The van der Waals surface area contributed by atoms with Crippen LogP contribution < -0.4 is 4.74 Å². The van der Waals surface area contributed by atoms with E-state index in [-0.39, 0.29) is 12.7 Å². The van der Waals surface area contributed by atoms with Gasteiger partial charge in [-0.3, -0.25) is 4.18 Å². The maximum atomic E-state index is 12.2. The van der Waals surface area contributed by atoms with Gasteiger partial charge in [0.05, 0.1) is 12.9 Å². The molecule has 1 aromatic rings. The van der Waals surface area contributed by atoms with Crippen molar-refractivity contribution < 1.29 is 22.1 Å². The van der Waals surface area contributed by atoms with E-state index in [1.54, 1.807) is 36.2 Å². The van der Waals surface area contributed by atoms with Crippen LogP contribution in [0, 0.1) is 11.8 Å². The first-order chi connectivity index (χ1) is 12.2. The molecule has 0 atom stereocenters. The summed E-state index contributed by atoms with van der Waals surface area (Å²) in [5, 5.41) is 0.594. The van der Waals surface area contributed by atoms with Crippen molar-refractivity contribution in [2.24, 2.45) is 11.8 Å². The molecule has 1 amide bonds. The second kappa shape index (κ2) is 9.58. The zero-order valence-electron chi connectivity index (χ0n) is 15.2. The van der Waals surface area contributed by atoms with Crippen molar-refractivity contribution in [1.82, 2.24) is 4.90 Å². The molecule has 1 fully saturated rings. The summed E-state index contributed by atoms with van der Waals surface area (Å²) in [6, 6.07) is 6.69. The van der Waals surface area contributed by atoms with E-state index in [1.165, 1.54) is 0 Å². The Morgan fingerprint density at radius 3 is 2.31 bits per heavy atom. The van der Waals surface area contributed by atoms with Crippen molar-refractivity contribution in [1.29, 1.82) is 0 Å². The third kappa shape index (κ3) is 7.51. The van der Waals surface area contributed by atoms with Gasteiger partial charge in [-0.1, -0.05) is 24.4 Å². The summed E-state index contributed by atoms with van der Waals surface area (Å²) in [6.07, 6.45) is 5.54. The van der Waals surface area contributed by atoms with Gasteiger partial charge in [0.15, 0.2) is 0 Å². The molecular formula is C18H26ClNO5S. The first-order valence-electron chi connectivity index (χ1n) is 8.76. The summed E-state index contributed by atoms with van der Waals surface area (Å²) in [7, 11) is -1.61. The third-order valence-electron chi connectivity index (χ3n) is 4.65. The Bertz CT molecular complexity index is 684. The minimum atomic E-state index is -3.35. The number of carbonyl (C=O) groups is 1. The van der Waals surface area contributed by atoms with Crippen LogP contribution in [-0.2, 0) is 14.3 Å². The number of hydrogen-bond acceptors (Lipinski definition) is 5. The van der Waals surface area contributed by atoms with Gasteiger partial charge in [0, 0.05) is 18.6 Å². The van der Waals surface area contributed by atoms with Crippen LogP contribution in [0.4, 0.5) is 4.79 Å². The maximum Gasteiger partial charge on any atom is 0.414 e. The predicted octanol–water partition coefficient (Wildman–Crippen LogP) is 3.94. The predicted molar refractivity (Wildman–Crippen MR) is 101 cm³/mol. The van der Waals surface area contributed by atoms with E-state index in [0.29, 0.717) is 29.2 Å². The fourth-order valence-electron chi connectivity index (χ4n) is 3.21.